The second kappa shape index (κ2) is 7.28. The number of amides is 1. The topological polar surface area (TPSA) is 66.4 Å². The Bertz CT molecular complexity index is 368. The van der Waals surface area contributed by atoms with Crippen LogP contribution in [0.1, 0.15) is 71.1 Å². The summed E-state index contributed by atoms with van der Waals surface area (Å²) in [5, 5.41) is 12.2. The zero-order valence-corrected chi connectivity index (χ0v) is 13.2. The molecule has 0 aromatic rings. The van der Waals surface area contributed by atoms with Crippen LogP contribution in [-0.2, 0) is 9.59 Å². The van der Waals surface area contributed by atoms with Crippen LogP contribution in [0.15, 0.2) is 0 Å². The van der Waals surface area contributed by atoms with E-state index in [1.165, 1.54) is 19.3 Å². The Hall–Kier alpha value is -1.06. The summed E-state index contributed by atoms with van der Waals surface area (Å²) in [6.07, 6.45) is 10.5. The highest BCUT2D eigenvalue weighted by molar-refractivity contribution is 5.81. The monoisotopic (exact) mass is 295 g/mol. The molecule has 0 aliphatic heterocycles. The van der Waals surface area contributed by atoms with Gasteiger partial charge in [-0.3, -0.25) is 9.59 Å². The van der Waals surface area contributed by atoms with Gasteiger partial charge in [-0.05, 0) is 44.4 Å². The Balaban J connectivity index is 1.71. The number of hydrogen-bond acceptors (Lipinski definition) is 2. The molecule has 4 heteroatoms. The van der Waals surface area contributed by atoms with Crippen molar-refractivity contribution in [2.75, 3.05) is 6.54 Å². The van der Waals surface area contributed by atoms with Crippen LogP contribution in [-0.4, -0.2) is 23.5 Å². The molecule has 0 saturated heterocycles. The number of rotatable bonds is 7. The highest BCUT2D eigenvalue weighted by Crippen LogP contribution is 2.40. The lowest BCUT2D eigenvalue weighted by atomic mass is 9.68. The largest absolute Gasteiger partial charge is 0.481 e. The van der Waals surface area contributed by atoms with Crippen molar-refractivity contribution >= 4 is 11.9 Å². The minimum Gasteiger partial charge on any atom is -0.481 e. The minimum atomic E-state index is -0.752. The summed E-state index contributed by atoms with van der Waals surface area (Å²) in [6, 6.07) is 0. The van der Waals surface area contributed by atoms with Gasteiger partial charge in [-0.15, -0.1) is 0 Å². The van der Waals surface area contributed by atoms with Gasteiger partial charge in [-0.1, -0.05) is 32.6 Å². The van der Waals surface area contributed by atoms with E-state index in [0.717, 1.165) is 38.0 Å². The average molecular weight is 295 g/mol. The number of carbonyl (C=O) groups excluding carboxylic acids is 1. The summed E-state index contributed by atoms with van der Waals surface area (Å²) >= 11 is 0. The highest BCUT2D eigenvalue weighted by Gasteiger charge is 2.44. The molecule has 0 aromatic heterocycles. The first-order chi connectivity index (χ1) is 10.1. The van der Waals surface area contributed by atoms with E-state index in [0.29, 0.717) is 19.4 Å². The maximum atomic E-state index is 12.2. The second-order valence-electron chi connectivity index (χ2n) is 7.02. The molecule has 0 unspecified atom stereocenters. The van der Waals surface area contributed by atoms with Crippen molar-refractivity contribution in [3.63, 3.8) is 0 Å². The Labute approximate surface area is 127 Å². The molecular formula is C17H29NO3. The molecule has 0 aromatic carbocycles. The van der Waals surface area contributed by atoms with Crippen LogP contribution >= 0.6 is 0 Å². The molecule has 21 heavy (non-hydrogen) atoms. The molecule has 2 fully saturated rings. The maximum absolute atomic E-state index is 12.2. The Morgan fingerprint density at radius 1 is 1.19 bits per heavy atom. The lowest BCUT2D eigenvalue weighted by Crippen LogP contribution is -2.48. The van der Waals surface area contributed by atoms with Gasteiger partial charge in [0, 0.05) is 12.5 Å². The lowest BCUT2D eigenvalue weighted by molar-refractivity contribution is -0.154. The zero-order chi connectivity index (χ0) is 15.3. The third kappa shape index (κ3) is 3.98. The molecule has 0 bridgehead atoms. The standard InChI is InChI=1S/C17H29NO3/c1-2-3-5-13-6-8-14(9-7-13)15(19)18-12-17(16(20)21)10-4-11-17/h13-14H,2-12H2,1H3,(H,18,19)(H,20,21). The summed E-state index contributed by atoms with van der Waals surface area (Å²) in [7, 11) is 0. The average Bonchev–Trinajstić information content (AvgIpc) is 2.44. The van der Waals surface area contributed by atoms with Crippen molar-refractivity contribution in [2.24, 2.45) is 17.3 Å². The minimum absolute atomic E-state index is 0.0801. The molecule has 0 heterocycles. The van der Waals surface area contributed by atoms with Crippen molar-refractivity contribution in [2.45, 2.75) is 71.1 Å². The van der Waals surface area contributed by atoms with Crippen LogP contribution < -0.4 is 5.32 Å². The number of carboxylic acids is 1. The van der Waals surface area contributed by atoms with Crippen LogP contribution in [0.5, 0.6) is 0 Å². The van der Waals surface area contributed by atoms with Crippen LogP contribution in [0, 0.1) is 17.3 Å². The van der Waals surface area contributed by atoms with E-state index in [-0.39, 0.29) is 11.8 Å². The molecule has 2 aliphatic carbocycles. The first-order valence-electron chi connectivity index (χ1n) is 8.58. The molecule has 1 amide bonds. The van der Waals surface area contributed by atoms with Crippen LogP contribution in [0.3, 0.4) is 0 Å². The number of carbonyl (C=O) groups is 2. The quantitative estimate of drug-likeness (QED) is 0.757. The smallest absolute Gasteiger partial charge is 0.311 e. The van der Waals surface area contributed by atoms with E-state index in [2.05, 4.69) is 12.2 Å². The first-order valence-corrected chi connectivity index (χ1v) is 8.58. The van der Waals surface area contributed by atoms with Crippen LogP contribution in [0.2, 0.25) is 0 Å². The summed E-state index contributed by atoms with van der Waals surface area (Å²) in [4.78, 5) is 23.5. The predicted molar refractivity (Wildman–Crippen MR) is 81.9 cm³/mol. The van der Waals surface area contributed by atoms with E-state index in [1.54, 1.807) is 0 Å². The number of hydrogen-bond donors (Lipinski definition) is 2. The Morgan fingerprint density at radius 2 is 1.86 bits per heavy atom. The fourth-order valence-electron chi connectivity index (χ4n) is 3.68. The fourth-order valence-corrected chi connectivity index (χ4v) is 3.68. The van der Waals surface area contributed by atoms with Crippen molar-refractivity contribution in [3.8, 4) is 0 Å². The van der Waals surface area contributed by atoms with Gasteiger partial charge in [0.1, 0.15) is 0 Å². The molecule has 0 spiro atoms. The van der Waals surface area contributed by atoms with E-state index >= 15 is 0 Å². The van der Waals surface area contributed by atoms with E-state index in [1.807, 2.05) is 0 Å². The SMILES string of the molecule is CCCCC1CCC(C(=O)NCC2(C(=O)O)CCC2)CC1. The van der Waals surface area contributed by atoms with E-state index < -0.39 is 11.4 Å². The summed E-state index contributed by atoms with van der Waals surface area (Å²) in [5.74, 6) is 0.230. The van der Waals surface area contributed by atoms with E-state index in [4.69, 9.17) is 0 Å². The molecular weight excluding hydrogens is 266 g/mol. The Kier molecular flexibility index (Phi) is 5.65. The van der Waals surface area contributed by atoms with Gasteiger partial charge in [0.2, 0.25) is 5.91 Å². The first kappa shape index (κ1) is 16.3. The Morgan fingerprint density at radius 3 is 2.33 bits per heavy atom. The zero-order valence-electron chi connectivity index (χ0n) is 13.2. The van der Waals surface area contributed by atoms with Crippen molar-refractivity contribution in [1.82, 2.24) is 5.32 Å². The van der Waals surface area contributed by atoms with Gasteiger partial charge in [0.15, 0.2) is 0 Å². The molecule has 0 atom stereocenters. The summed E-state index contributed by atoms with van der Waals surface area (Å²) < 4.78 is 0. The van der Waals surface area contributed by atoms with Crippen LogP contribution in [0.4, 0.5) is 0 Å². The molecule has 120 valence electrons. The fraction of sp³-hybridized carbons (Fsp3) is 0.882. The maximum Gasteiger partial charge on any atom is 0.311 e. The van der Waals surface area contributed by atoms with Crippen molar-refractivity contribution < 1.29 is 14.7 Å². The number of aliphatic carboxylic acids is 1. The van der Waals surface area contributed by atoms with Crippen molar-refractivity contribution in [3.05, 3.63) is 0 Å². The molecule has 0 radical (unpaired) electrons. The number of unbranched alkanes of at least 4 members (excludes halogenated alkanes) is 1. The predicted octanol–water partition coefficient (Wildman–Crippen LogP) is 3.35. The third-order valence-corrected chi connectivity index (χ3v) is 5.55. The molecule has 4 nitrogen and oxygen atoms in total. The summed E-state index contributed by atoms with van der Waals surface area (Å²) in [5.41, 5.74) is -0.673. The van der Waals surface area contributed by atoms with Crippen molar-refractivity contribution in [1.29, 1.82) is 0 Å². The lowest BCUT2D eigenvalue weighted by Gasteiger charge is -2.38. The van der Waals surface area contributed by atoms with Gasteiger partial charge in [0.25, 0.3) is 0 Å². The number of nitrogens with one attached hydrogen (secondary N) is 1. The molecule has 2 rings (SSSR count). The summed E-state index contributed by atoms with van der Waals surface area (Å²) in [6.45, 7) is 2.54. The van der Waals surface area contributed by atoms with Gasteiger partial charge < -0.3 is 10.4 Å². The second-order valence-corrected chi connectivity index (χ2v) is 7.02. The van der Waals surface area contributed by atoms with Gasteiger partial charge in [0.05, 0.1) is 5.41 Å². The van der Waals surface area contributed by atoms with Gasteiger partial charge >= 0.3 is 5.97 Å². The number of carboxylic acid groups (broad SMARTS) is 1. The molecule has 2 N–H and O–H groups in total. The van der Waals surface area contributed by atoms with E-state index in [9.17, 15) is 14.7 Å². The highest BCUT2D eigenvalue weighted by atomic mass is 16.4. The third-order valence-electron chi connectivity index (χ3n) is 5.55. The van der Waals surface area contributed by atoms with Gasteiger partial charge in [-0.25, -0.2) is 0 Å². The van der Waals surface area contributed by atoms with Gasteiger partial charge in [-0.2, -0.15) is 0 Å². The normalized spacial score (nSPS) is 27.7. The molecule has 2 saturated carbocycles. The van der Waals surface area contributed by atoms with Crippen LogP contribution in [0.25, 0.3) is 0 Å². The molecule has 2 aliphatic rings.